The van der Waals surface area contributed by atoms with Crippen LogP contribution in [0, 0.1) is 0 Å². The standard InChI is InChI=1S/C12H14BrF3/c1-2-10(13)8-7-9-5-3-4-6-11(9)12(14,15)16/h3-6,10H,2,7-8H2,1H3. The number of hydrogen-bond acceptors (Lipinski definition) is 0. The van der Waals surface area contributed by atoms with Gasteiger partial charge < -0.3 is 0 Å². The van der Waals surface area contributed by atoms with Crippen LogP contribution >= 0.6 is 15.9 Å². The van der Waals surface area contributed by atoms with Crippen molar-refractivity contribution in [1.82, 2.24) is 0 Å². The van der Waals surface area contributed by atoms with Crippen LogP contribution in [0.15, 0.2) is 24.3 Å². The number of alkyl halides is 4. The van der Waals surface area contributed by atoms with Gasteiger partial charge in [-0.2, -0.15) is 13.2 Å². The molecule has 0 amide bonds. The molecule has 0 spiro atoms. The van der Waals surface area contributed by atoms with Crippen LogP contribution in [0.1, 0.15) is 30.9 Å². The van der Waals surface area contributed by atoms with Gasteiger partial charge in [0, 0.05) is 4.83 Å². The summed E-state index contributed by atoms with van der Waals surface area (Å²) in [4.78, 5) is 0.286. The van der Waals surface area contributed by atoms with Crippen LogP contribution in [0.4, 0.5) is 13.2 Å². The van der Waals surface area contributed by atoms with Crippen molar-refractivity contribution in [3.8, 4) is 0 Å². The van der Waals surface area contributed by atoms with Gasteiger partial charge in [-0.1, -0.05) is 41.1 Å². The zero-order valence-corrected chi connectivity index (χ0v) is 10.6. The average Bonchev–Trinajstić information content (AvgIpc) is 2.25. The van der Waals surface area contributed by atoms with Crippen LogP contribution in [0.25, 0.3) is 0 Å². The Hall–Kier alpha value is -0.510. The highest BCUT2D eigenvalue weighted by molar-refractivity contribution is 9.09. The van der Waals surface area contributed by atoms with Gasteiger partial charge in [-0.3, -0.25) is 0 Å². The minimum Gasteiger partial charge on any atom is -0.166 e. The van der Waals surface area contributed by atoms with Gasteiger partial charge in [0.1, 0.15) is 0 Å². The fourth-order valence-electron chi connectivity index (χ4n) is 1.53. The van der Waals surface area contributed by atoms with E-state index in [1.165, 1.54) is 6.07 Å². The van der Waals surface area contributed by atoms with Gasteiger partial charge in [-0.25, -0.2) is 0 Å². The highest BCUT2D eigenvalue weighted by Crippen LogP contribution is 2.32. The van der Waals surface area contributed by atoms with E-state index >= 15 is 0 Å². The normalized spacial score (nSPS) is 13.8. The lowest BCUT2D eigenvalue weighted by Gasteiger charge is -2.13. The molecular weight excluding hydrogens is 281 g/mol. The third-order valence-electron chi connectivity index (χ3n) is 2.49. The summed E-state index contributed by atoms with van der Waals surface area (Å²) in [5.74, 6) is 0. The molecule has 0 heterocycles. The molecule has 0 N–H and O–H groups in total. The lowest BCUT2D eigenvalue weighted by atomic mass is 10.0. The molecule has 1 atom stereocenters. The van der Waals surface area contributed by atoms with Crippen LogP contribution in [-0.4, -0.2) is 4.83 Å². The van der Waals surface area contributed by atoms with E-state index in [0.717, 1.165) is 18.9 Å². The topological polar surface area (TPSA) is 0 Å². The van der Waals surface area contributed by atoms with Crippen molar-refractivity contribution in [2.24, 2.45) is 0 Å². The van der Waals surface area contributed by atoms with Gasteiger partial charge in [0.2, 0.25) is 0 Å². The molecule has 1 aromatic carbocycles. The van der Waals surface area contributed by atoms with Gasteiger partial charge in [0.25, 0.3) is 0 Å². The van der Waals surface area contributed by atoms with Crippen LogP contribution in [0.2, 0.25) is 0 Å². The Morgan fingerprint density at radius 3 is 2.44 bits per heavy atom. The SMILES string of the molecule is CCC(Br)CCc1ccccc1C(F)(F)F. The maximum absolute atomic E-state index is 12.6. The highest BCUT2D eigenvalue weighted by atomic mass is 79.9. The first-order chi connectivity index (χ1) is 7.45. The smallest absolute Gasteiger partial charge is 0.166 e. The number of hydrogen-bond donors (Lipinski definition) is 0. The summed E-state index contributed by atoms with van der Waals surface area (Å²) in [7, 11) is 0. The summed E-state index contributed by atoms with van der Waals surface area (Å²) in [6.07, 6.45) is -2.14. The minimum absolute atomic E-state index is 0.286. The Balaban J connectivity index is 2.80. The maximum atomic E-state index is 12.6. The molecule has 0 saturated carbocycles. The second kappa shape index (κ2) is 5.71. The molecule has 0 aliphatic heterocycles. The summed E-state index contributed by atoms with van der Waals surface area (Å²) < 4.78 is 37.9. The molecule has 0 fully saturated rings. The fourth-order valence-corrected chi connectivity index (χ4v) is 1.76. The molecule has 1 unspecified atom stereocenters. The second-order valence-electron chi connectivity index (χ2n) is 3.70. The van der Waals surface area contributed by atoms with Gasteiger partial charge in [0.05, 0.1) is 5.56 Å². The molecule has 0 aliphatic rings. The lowest BCUT2D eigenvalue weighted by molar-refractivity contribution is -0.138. The largest absolute Gasteiger partial charge is 0.416 e. The van der Waals surface area contributed by atoms with E-state index in [0.29, 0.717) is 12.0 Å². The van der Waals surface area contributed by atoms with Crippen molar-refractivity contribution in [2.75, 3.05) is 0 Å². The first kappa shape index (κ1) is 13.6. The predicted octanol–water partition coefficient (Wildman–Crippen LogP) is 4.81. The maximum Gasteiger partial charge on any atom is 0.416 e. The third kappa shape index (κ3) is 3.81. The molecule has 0 aromatic heterocycles. The van der Waals surface area contributed by atoms with Crippen molar-refractivity contribution in [1.29, 1.82) is 0 Å². The van der Waals surface area contributed by atoms with Gasteiger partial charge >= 0.3 is 6.18 Å². The molecule has 90 valence electrons. The third-order valence-corrected chi connectivity index (χ3v) is 3.60. The van der Waals surface area contributed by atoms with Crippen molar-refractivity contribution in [3.63, 3.8) is 0 Å². The van der Waals surface area contributed by atoms with E-state index < -0.39 is 11.7 Å². The second-order valence-corrected chi connectivity index (χ2v) is 4.99. The number of benzene rings is 1. The Kier molecular flexibility index (Phi) is 4.84. The van der Waals surface area contributed by atoms with E-state index in [4.69, 9.17) is 0 Å². The Morgan fingerprint density at radius 1 is 1.25 bits per heavy atom. The Bertz CT molecular complexity index is 333. The first-order valence-electron chi connectivity index (χ1n) is 5.24. The predicted molar refractivity (Wildman–Crippen MR) is 62.8 cm³/mol. The molecule has 1 aromatic rings. The van der Waals surface area contributed by atoms with E-state index in [9.17, 15) is 13.2 Å². The first-order valence-corrected chi connectivity index (χ1v) is 6.16. The molecule has 0 radical (unpaired) electrons. The fraction of sp³-hybridized carbons (Fsp3) is 0.500. The quantitative estimate of drug-likeness (QED) is 0.699. The van der Waals surface area contributed by atoms with E-state index in [1.807, 2.05) is 6.92 Å². The van der Waals surface area contributed by atoms with Crippen molar-refractivity contribution in [3.05, 3.63) is 35.4 Å². The highest BCUT2D eigenvalue weighted by Gasteiger charge is 2.32. The number of rotatable bonds is 4. The summed E-state index contributed by atoms with van der Waals surface area (Å²) >= 11 is 3.43. The molecule has 0 saturated heterocycles. The summed E-state index contributed by atoms with van der Waals surface area (Å²) in [5, 5.41) is 0. The Labute approximate surface area is 102 Å². The van der Waals surface area contributed by atoms with Gasteiger partial charge in [0.15, 0.2) is 0 Å². The van der Waals surface area contributed by atoms with Crippen molar-refractivity contribution < 1.29 is 13.2 Å². The van der Waals surface area contributed by atoms with E-state index in [1.54, 1.807) is 12.1 Å². The van der Waals surface area contributed by atoms with Crippen molar-refractivity contribution >= 4 is 15.9 Å². The summed E-state index contributed by atoms with van der Waals surface area (Å²) in [6, 6.07) is 5.78. The van der Waals surface area contributed by atoms with Crippen molar-refractivity contribution in [2.45, 2.75) is 37.2 Å². The van der Waals surface area contributed by atoms with Gasteiger partial charge in [-0.05, 0) is 30.9 Å². The molecule has 0 aliphatic carbocycles. The lowest BCUT2D eigenvalue weighted by Crippen LogP contribution is -2.10. The minimum atomic E-state index is -4.25. The summed E-state index contributed by atoms with van der Waals surface area (Å²) in [5.41, 5.74) is -0.126. The van der Waals surface area contributed by atoms with Crippen LogP contribution in [0.5, 0.6) is 0 Å². The van der Waals surface area contributed by atoms with E-state index in [-0.39, 0.29) is 4.83 Å². The van der Waals surface area contributed by atoms with Crippen LogP contribution in [-0.2, 0) is 12.6 Å². The van der Waals surface area contributed by atoms with Crippen LogP contribution < -0.4 is 0 Å². The molecular formula is C12H14BrF3. The number of aryl methyl sites for hydroxylation is 1. The molecule has 0 nitrogen and oxygen atoms in total. The zero-order valence-electron chi connectivity index (χ0n) is 9.02. The Morgan fingerprint density at radius 2 is 1.88 bits per heavy atom. The summed E-state index contributed by atoms with van der Waals surface area (Å²) in [6.45, 7) is 2.01. The zero-order chi connectivity index (χ0) is 12.2. The number of halogens is 4. The molecule has 16 heavy (non-hydrogen) atoms. The van der Waals surface area contributed by atoms with Crippen LogP contribution in [0.3, 0.4) is 0 Å². The molecule has 1 rings (SSSR count). The molecule has 4 heteroatoms. The molecule has 0 bridgehead atoms. The van der Waals surface area contributed by atoms with Gasteiger partial charge in [-0.15, -0.1) is 0 Å². The average molecular weight is 295 g/mol. The monoisotopic (exact) mass is 294 g/mol. The van der Waals surface area contributed by atoms with E-state index in [2.05, 4.69) is 15.9 Å².